The fourth-order valence-electron chi connectivity index (χ4n) is 4.91. The molecular formula is C26H30N2O5. The minimum Gasteiger partial charge on any atom is -0.481 e. The molecule has 1 atom stereocenters. The first-order valence-corrected chi connectivity index (χ1v) is 11.5. The number of aliphatic carboxylic acids is 1. The van der Waals surface area contributed by atoms with Gasteiger partial charge in [0.05, 0.1) is 12.0 Å². The van der Waals surface area contributed by atoms with Crippen molar-refractivity contribution in [2.75, 3.05) is 6.61 Å². The van der Waals surface area contributed by atoms with Gasteiger partial charge in [-0.2, -0.15) is 0 Å². The summed E-state index contributed by atoms with van der Waals surface area (Å²) < 4.78 is 5.58. The molecule has 0 bridgehead atoms. The Bertz CT molecular complexity index is 1000. The molecule has 33 heavy (non-hydrogen) atoms. The van der Waals surface area contributed by atoms with Crippen LogP contribution in [0.1, 0.15) is 62.5 Å². The predicted molar refractivity (Wildman–Crippen MR) is 124 cm³/mol. The topological polar surface area (TPSA) is 105 Å². The van der Waals surface area contributed by atoms with Gasteiger partial charge in [0.2, 0.25) is 5.91 Å². The van der Waals surface area contributed by atoms with Crippen LogP contribution in [-0.4, -0.2) is 41.3 Å². The van der Waals surface area contributed by atoms with Crippen molar-refractivity contribution < 1.29 is 24.2 Å². The van der Waals surface area contributed by atoms with Crippen molar-refractivity contribution in [3.8, 4) is 11.1 Å². The summed E-state index contributed by atoms with van der Waals surface area (Å²) in [7, 11) is 0. The Morgan fingerprint density at radius 3 is 2.18 bits per heavy atom. The van der Waals surface area contributed by atoms with Gasteiger partial charge in [-0.25, -0.2) is 4.79 Å². The number of hydrogen-bond acceptors (Lipinski definition) is 4. The van der Waals surface area contributed by atoms with E-state index in [1.165, 1.54) is 0 Å². The number of fused-ring (bicyclic) bond motifs is 3. The Morgan fingerprint density at radius 1 is 1.06 bits per heavy atom. The molecule has 0 saturated heterocycles. The molecule has 2 aromatic rings. The average molecular weight is 451 g/mol. The van der Waals surface area contributed by atoms with Crippen LogP contribution in [0.3, 0.4) is 0 Å². The number of rotatable bonds is 9. The zero-order valence-corrected chi connectivity index (χ0v) is 18.8. The molecule has 174 valence electrons. The molecule has 0 heterocycles. The van der Waals surface area contributed by atoms with Gasteiger partial charge in [-0.05, 0) is 47.9 Å². The summed E-state index contributed by atoms with van der Waals surface area (Å²) in [6.07, 6.45) is 2.26. The Hall–Kier alpha value is -3.35. The second-order valence-corrected chi connectivity index (χ2v) is 9.03. The number of benzene rings is 2. The van der Waals surface area contributed by atoms with Gasteiger partial charge in [0.1, 0.15) is 6.61 Å². The second-order valence-electron chi connectivity index (χ2n) is 9.03. The van der Waals surface area contributed by atoms with E-state index in [1.807, 2.05) is 31.2 Å². The summed E-state index contributed by atoms with van der Waals surface area (Å²) in [5, 5.41) is 14.8. The lowest BCUT2D eigenvalue weighted by molar-refractivity contribution is -0.140. The third-order valence-electron chi connectivity index (χ3n) is 6.80. The van der Waals surface area contributed by atoms with Crippen molar-refractivity contribution in [1.82, 2.24) is 10.6 Å². The monoisotopic (exact) mass is 450 g/mol. The zero-order valence-electron chi connectivity index (χ0n) is 18.8. The van der Waals surface area contributed by atoms with Crippen LogP contribution in [0.4, 0.5) is 4.79 Å². The molecule has 2 aliphatic rings. The van der Waals surface area contributed by atoms with E-state index < -0.39 is 17.6 Å². The summed E-state index contributed by atoms with van der Waals surface area (Å²) in [5.74, 6) is -1.19. The van der Waals surface area contributed by atoms with Crippen molar-refractivity contribution in [3.05, 3.63) is 59.7 Å². The first-order chi connectivity index (χ1) is 15.9. The number of carboxylic acid groups (broad SMARTS) is 1. The molecular weight excluding hydrogens is 420 g/mol. The molecule has 7 heteroatoms. The number of ether oxygens (including phenoxy) is 1. The van der Waals surface area contributed by atoms with Gasteiger partial charge in [0.15, 0.2) is 0 Å². The molecule has 1 fully saturated rings. The lowest BCUT2D eigenvalue weighted by Gasteiger charge is -2.41. The predicted octanol–water partition coefficient (Wildman–Crippen LogP) is 4.21. The summed E-state index contributed by atoms with van der Waals surface area (Å²) in [5.41, 5.74) is 3.96. The maximum absolute atomic E-state index is 12.5. The molecule has 7 nitrogen and oxygen atoms in total. The van der Waals surface area contributed by atoms with Gasteiger partial charge in [0.25, 0.3) is 0 Å². The first kappa shape index (κ1) is 22.8. The van der Waals surface area contributed by atoms with E-state index in [1.54, 1.807) is 0 Å². The number of hydrogen-bond donors (Lipinski definition) is 3. The quantitative estimate of drug-likeness (QED) is 0.531. The minimum atomic E-state index is -0.918. The lowest BCUT2D eigenvalue weighted by Crippen LogP contribution is -2.55. The highest BCUT2D eigenvalue weighted by Crippen LogP contribution is 2.44. The van der Waals surface area contributed by atoms with Gasteiger partial charge in [0, 0.05) is 18.4 Å². The second kappa shape index (κ2) is 9.65. The van der Waals surface area contributed by atoms with Crippen LogP contribution in [0, 0.1) is 0 Å². The molecule has 0 aliphatic heterocycles. The molecule has 2 aromatic carbocycles. The van der Waals surface area contributed by atoms with Crippen molar-refractivity contribution in [2.24, 2.45) is 0 Å². The Kier molecular flexibility index (Phi) is 6.67. The van der Waals surface area contributed by atoms with E-state index in [9.17, 15) is 14.4 Å². The molecule has 3 N–H and O–H groups in total. The van der Waals surface area contributed by atoms with E-state index in [2.05, 4.69) is 34.9 Å². The van der Waals surface area contributed by atoms with Crippen LogP contribution in [-0.2, 0) is 14.3 Å². The van der Waals surface area contributed by atoms with Crippen molar-refractivity contribution in [2.45, 2.75) is 62.9 Å². The maximum atomic E-state index is 12.5. The molecule has 0 unspecified atom stereocenters. The van der Waals surface area contributed by atoms with E-state index in [0.29, 0.717) is 19.3 Å². The highest BCUT2D eigenvalue weighted by Gasteiger charge is 2.40. The number of carbonyl (C=O) groups is 3. The van der Waals surface area contributed by atoms with Crippen LogP contribution < -0.4 is 10.6 Å². The first-order valence-electron chi connectivity index (χ1n) is 11.5. The number of alkyl carbamates (subject to hydrolysis) is 1. The van der Waals surface area contributed by atoms with Crippen molar-refractivity contribution in [3.63, 3.8) is 0 Å². The van der Waals surface area contributed by atoms with Crippen molar-refractivity contribution >= 4 is 18.0 Å². The molecule has 0 aromatic heterocycles. The van der Waals surface area contributed by atoms with Gasteiger partial charge in [-0.1, -0.05) is 55.5 Å². The van der Waals surface area contributed by atoms with E-state index in [4.69, 9.17) is 9.84 Å². The zero-order chi connectivity index (χ0) is 23.4. The van der Waals surface area contributed by atoms with E-state index in [-0.39, 0.29) is 37.3 Å². The third-order valence-corrected chi connectivity index (χ3v) is 6.80. The van der Waals surface area contributed by atoms with Gasteiger partial charge in [-0.3, -0.25) is 9.59 Å². The average Bonchev–Trinajstić information content (AvgIpc) is 3.09. The summed E-state index contributed by atoms with van der Waals surface area (Å²) in [4.78, 5) is 36.2. The SMILES string of the molecule is CC[C@H](CC(=O)NC1(CC(=O)O)CCC1)NC(=O)OCC1c2ccccc2-c2ccccc21. The Balaban J connectivity index is 1.32. The maximum Gasteiger partial charge on any atom is 0.407 e. The summed E-state index contributed by atoms with van der Waals surface area (Å²) in [6, 6.07) is 15.9. The molecule has 0 spiro atoms. The highest BCUT2D eigenvalue weighted by molar-refractivity contribution is 5.80. The molecule has 4 rings (SSSR count). The van der Waals surface area contributed by atoms with Gasteiger partial charge in [-0.15, -0.1) is 0 Å². The van der Waals surface area contributed by atoms with Crippen LogP contribution in [0.2, 0.25) is 0 Å². The fraction of sp³-hybridized carbons (Fsp3) is 0.423. The van der Waals surface area contributed by atoms with Crippen LogP contribution in [0.15, 0.2) is 48.5 Å². The number of amides is 2. The molecule has 1 saturated carbocycles. The summed E-state index contributed by atoms with van der Waals surface area (Å²) in [6.45, 7) is 2.10. The lowest BCUT2D eigenvalue weighted by atomic mass is 9.74. The van der Waals surface area contributed by atoms with Gasteiger partial charge < -0.3 is 20.5 Å². The van der Waals surface area contributed by atoms with Gasteiger partial charge >= 0.3 is 12.1 Å². The van der Waals surface area contributed by atoms with Crippen molar-refractivity contribution in [1.29, 1.82) is 0 Å². The minimum absolute atomic E-state index is 0.0268. The highest BCUT2D eigenvalue weighted by atomic mass is 16.5. The van der Waals surface area contributed by atoms with Crippen LogP contribution in [0.25, 0.3) is 11.1 Å². The Morgan fingerprint density at radius 2 is 1.67 bits per heavy atom. The standard InChI is InChI=1S/C26H30N2O5/c1-2-17(14-23(29)28-26(12-7-13-26)15-24(30)31)27-25(32)33-16-22-20-10-5-3-8-18(20)19-9-4-6-11-21(19)22/h3-6,8-11,17,22H,2,7,12-16H2,1H3,(H,27,32)(H,28,29)(H,30,31)/t17-/m1/s1. The number of carboxylic acids is 1. The fourth-order valence-corrected chi connectivity index (χ4v) is 4.91. The largest absolute Gasteiger partial charge is 0.481 e. The molecule has 2 amide bonds. The third kappa shape index (κ3) is 5.02. The molecule has 0 radical (unpaired) electrons. The van der Waals surface area contributed by atoms with Crippen LogP contribution in [0.5, 0.6) is 0 Å². The number of carbonyl (C=O) groups excluding carboxylic acids is 2. The smallest absolute Gasteiger partial charge is 0.407 e. The number of nitrogens with one attached hydrogen (secondary N) is 2. The van der Waals surface area contributed by atoms with E-state index in [0.717, 1.165) is 28.7 Å². The normalized spacial score (nSPS) is 16.6. The molecule has 2 aliphatic carbocycles. The Labute approximate surface area is 193 Å². The van der Waals surface area contributed by atoms with E-state index >= 15 is 0 Å². The summed E-state index contributed by atoms with van der Waals surface area (Å²) >= 11 is 0. The van der Waals surface area contributed by atoms with Crippen LogP contribution >= 0.6 is 0 Å².